The van der Waals surface area contributed by atoms with Crippen molar-refractivity contribution in [2.75, 3.05) is 45.1 Å². The minimum atomic E-state index is -0.0520. The van der Waals surface area contributed by atoms with Gasteiger partial charge in [0, 0.05) is 45.5 Å². The van der Waals surface area contributed by atoms with E-state index < -0.39 is 0 Å². The molecule has 172 valence electrons. The number of piperazine rings is 1. The van der Waals surface area contributed by atoms with Crippen molar-refractivity contribution in [2.45, 2.75) is 64.8 Å². The number of hydrogen-bond donors (Lipinski definition) is 1. The summed E-state index contributed by atoms with van der Waals surface area (Å²) in [4.78, 5) is 32.1. The summed E-state index contributed by atoms with van der Waals surface area (Å²) in [6, 6.07) is 8.01. The van der Waals surface area contributed by atoms with Crippen LogP contribution in [0, 0.1) is 5.92 Å². The molecule has 0 bridgehead atoms. The topological polar surface area (TPSA) is 55.9 Å². The molecular weight excluding hydrogens is 388 g/mol. The molecule has 1 aromatic rings. The molecule has 1 N–H and O–H groups in total. The van der Waals surface area contributed by atoms with Gasteiger partial charge in [-0.2, -0.15) is 0 Å². The van der Waals surface area contributed by atoms with E-state index in [1.54, 1.807) is 0 Å². The van der Waals surface area contributed by atoms with Gasteiger partial charge in [-0.1, -0.05) is 45.7 Å². The Kier molecular flexibility index (Phi) is 8.35. The number of nitrogens with zero attached hydrogens (tertiary/aromatic N) is 3. The van der Waals surface area contributed by atoms with Gasteiger partial charge in [-0.25, -0.2) is 4.79 Å². The van der Waals surface area contributed by atoms with Crippen molar-refractivity contribution in [3.63, 3.8) is 0 Å². The molecule has 6 heteroatoms. The molecule has 0 spiro atoms. The predicted molar refractivity (Wildman–Crippen MR) is 126 cm³/mol. The number of carbonyl (C=O) groups excluding carboxylic acids is 2. The zero-order valence-electron chi connectivity index (χ0n) is 19.8. The molecule has 6 nitrogen and oxygen atoms in total. The number of nitrogens with one attached hydrogen (secondary N) is 1. The first kappa shape index (κ1) is 23.6. The van der Waals surface area contributed by atoms with Crippen LogP contribution in [0.5, 0.6) is 0 Å². The van der Waals surface area contributed by atoms with Gasteiger partial charge >= 0.3 is 6.03 Å². The number of benzene rings is 1. The van der Waals surface area contributed by atoms with Crippen LogP contribution in [0.2, 0.25) is 0 Å². The van der Waals surface area contributed by atoms with E-state index in [-0.39, 0.29) is 18.0 Å². The minimum Gasteiger partial charge on any atom is -0.344 e. The fourth-order valence-corrected chi connectivity index (χ4v) is 4.96. The number of carbonyl (C=O) groups is 2. The lowest BCUT2D eigenvalue weighted by molar-refractivity contribution is -0.138. The van der Waals surface area contributed by atoms with Crippen LogP contribution < -0.4 is 5.32 Å². The lowest BCUT2D eigenvalue weighted by Gasteiger charge is -2.41. The summed E-state index contributed by atoms with van der Waals surface area (Å²) >= 11 is 0. The van der Waals surface area contributed by atoms with Crippen molar-refractivity contribution in [1.29, 1.82) is 0 Å². The SMILES string of the molecule is CCCN(C)C(=O)[C@H](C1CCCC1)N1CCN(C(=O)Nc2ccc(C(C)C)cc2)CC1. The van der Waals surface area contributed by atoms with Crippen LogP contribution in [0.4, 0.5) is 10.5 Å². The summed E-state index contributed by atoms with van der Waals surface area (Å²) in [5.74, 6) is 1.19. The summed E-state index contributed by atoms with van der Waals surface area (Å²) < 4.78 is 0. The summed E-state index contributed by atoms with van der Waals surface area (Å²) in [5.41, 5.74) is 2.10. The molecule has 1 saturated heterocycles. The highest BCUT2D eigenvalue weighted by atomic mass is 16.2. The molecule has 1 aliphatic heterocycles. The first-order chi connectivity index (χ1) is 14.9. The van der Waals surface area contributed by atoms with E-state index in [1.165, 1.54) is 18.4 Å². The van der Waals surface area contributed by atoms with Gasteiger partial charge in [0.2, 0.25) is 5.91 Å². The molecule has 1 aliphatic carbocycles. The molecule has 2 fully saturated rings. The number of hydrogen-bond acceptors (Lipinski definition) is 3. The number of urea groups is 1. The quantitative estimate of drug-likeness (QED) is 0.701. The number of likely N-dealkylation sites (N-methyl/N-ethyl adjacent to an activating group) is 1. The highest BCUT2D eigenvalue weighted by Crippen LogP contribution is 2.32. The number of amides is 3. The Hall–Kier alpha value is -2.08. The maximum Gasteiger partial charge on any atom is 0.321 e. The molecule has 31 heavy (non-hydrogen) atoms. The zero-order valence-corrected chi connectivity index (χ0v) is 19.8. The third-order valence-electron chi connectivity index (χ3n) is 6.86. The van der Waals surface area contributed by atoms with Crippen LogP contribution in [0.3, 0.4) is 0 Å². The highest BCUT2D eigenvalue weighted by molar-refractivity contribution is 5.89. The van der Waals surface area contributed by atoms with Crippen molar-refractivity contribution in [2.24, 2.45) is 5.92 Å². The molecule has 1 saturated carbocycles. The van der Waals surface area contributed by atoms with Crippen LogP contribution in [-0.2, 0) is 4.79 Å². The average molecular weight is 429 g/mol. The van der Waals surface area contributed by atoms with Gasteiger partial charge in [-0.05, 0) is 48.8 Å². The molecular formula is C25H40N4O2. The van der Waals surface area contributed by atoms with Gasteiger partial charge in [0.1, 0.15) is 0 Å². The van der Waals surface area contributed by atoms with Crippen LogP contribution in [0.25, 0.3) is 0 Å². The number of rotatable bonds is 7. The Bertz CT molecular complexity index is 720. The third-order valence-corrected chi connectivity index (χ3v) is 6.86. The predicted octanol–water partition coefficient (Wildman–Crippen LogP) is 4.39. The van der Waals surface area contributed by atoms with E-state index in [9.17, 15) is 9.59 Å². The molecule has 1 aromatic carbocycles. The van der Waals surface area contributed by atoms with Gasteiger partial charge < -0.3 is 15.1 Å². The molecule has 0 unspecified atom stereocenters. The highest BCUT2D eigenvalue weighted by Gasteiger charge is 2.38. The second-order valence-electron chi connectivity index (χ2n) is 9.48. The van der Waals surface area contributed by atoms with Crippen molar-refractivity contribution < 1.29 is 9.59 Å². The van der Waals surface area contributed by atoms with E-state index in [0.29, 0.717) is 24.9 Å². The van der Waals surface area contributed by atoms with Gasteiger partial charge in [0.05, 0.1) is 6.04 Å². The van der Waals surface area contributed by atoms with E-state index >= 15 is 0 Å². The zero-order chi connectivity index (χ0) is 22.4. The van der Waals surface area contributed by atoms with Crippen LogP contribution in [-0.4, -0.2) is 72.5 Å². The lowest BCUT2D eigenvalue weighted by atomic mass is 9.94. The second-order valence-corrected chi connectivity index (χ2v) is 9.48. The maximum atomic E-state index is 13.2. The fraction of sp³-hybridized carbons (Fsp3) is 0.680. The van der Waals surface area contributed by atoms with Gasteiger partial charge in [-0.3, -0.25) is 9.69 Å². The third kappa shape index (κ3) is 6.00. The van der Waals surface area contributed by atoms with Gasteiger partial charge in [-0.15, -0.1) is 0 Å². The Morgan fingerprint density at radius 3 is 2.23 bits per heavy atom. The summed E-state index contributed by atoms with van der Waals surface area (Å²) in [6.45, 7) is 10.1. The van der Waals surface area contributed by atoms with Crippen molar-refractivity contribution in [3.8, 4) is 0 Å². The molecule has 0 radical (unpaired) electrons. The molecule has 0 aromatic heterocycles. The lowest BCUT2D eigenvalue weighted by Crippen LogP contribution is -2.58. The van der Waals surface area contributed by atoms with Gasteiger partial charge in [0.15, 0.2) is 0 Å². The van der Waals surface area contributed by atoms with Crippen LogP contribution in [0.15, 0.2) is 24.3 Å². The standard InChI is InChI=1S/C25H40N4O2/c1-5-14-27(4)24(30)23(21-8-6-7-9-21)28-15-17-29(18-16-28)25(31)26-22-12-10-20(11-13-22)19(2)3/h10-13,19,21,23H,5-9,14-18H2,1-4H3,(H,26,31)/t23-/m0/s1. The van der Waals surface area contributed by atoms with Crippen molar-refractivity contribution >= 4 is 17.6 Å². The van der Waals surface area contributed by atoms with Crippen molar-refractivity contribution in [1.82, 2.24) is 14.7 Å². The largest absolute Gasteiger partial charge is 0.344 e. The van der Waals surface area contributed by atoms with Crippen molar-refractivity contribution in [3.05, 3.63) is 29.8 Å². The van der Waals surface area contributed by atoms with Gasteiger partial charge in [0.25, 0.3) is 0 Å². The summed E-state index contributed by atoms with van der Waals surface area (Å²) in [5, 5.41) is 3.03. The van der Waals surface area contributed by atoms with Crippen LogP contribution in [0.1, 0.15) is 64.4 Å². The number of anilines is 1. The Morgan fingerprint density at radius 2 is 1.68 bits per heavy atom. The first-order valence-corrected chi connectivity index (χ1v) is 12.1. The summed E-state index contributed by atoms with van der Waals surface area (Å²) in [7, 11) is 1.93. The Morgan fingerprint density at radius 1 is 1.06 bits per heavy atom. The van der Waals surface area contributed by atoms with E-state index in [4.69, 9.17) is 0 Å². The molecule has 1 atom stereocenters. The minimum absolute atomic E-state index is 0.0344. The Labute approximate surface area is 188 Å². The van der Waals surface area contributed by atoms with E-state index in [1.807, 2.05) is 29.0 Å². The maximum absolute atomic E-state index is 13.2. The molecule has 3 rings (SSSR count). The first-order valence-electron chi connectivity index (χ1n) is 12.1. The fourth-order valence-electron chi connectivity index (χ4n) is 4.96. The molecule has 2 aliphatic rings. The normalized spacial score (nSPS) is 18.9. The monoisotopic (exact) mass is 428 g/mol. The Balaban J connectivity index is 1.58. The average Bonchev–Trinajstić information content (AvgIpc) is 3.29. The van der Waals surface area contributed by atoms with E-state index in [2.05, 4.69) is 43.1 Å². The second kappa shape index (κ2) is 11.0. The summed E-state index contributed by atoms with van der Waals surface area (Å²) in [6.07, 6.45) is 5.71. The van der Waals surface area contributed by atoms with E-state index in [0.717, 1.165) is 44.6 Å². The molecule has 1 heterocycles. The smallest absolute Gasteiger partial charge is 0.321 e. The van der Waals surface area contributed by atoms with Crippen LogP contribution >= 0.6 is 0 Å². The molecule has 3 amide bonds.